The molecule has 1 atom stereocenters. The van der Waals surface area contributed by atoms with Crippen molar-refractivity contribution in [3.63, 3.8) is 0 Å². The van der Waals surface area contributed by atoms with E-state index in [9.17, 15) is 4.79 Å². The Balaban J connectivity index is 1.61. The van der Waals surface area contributed by atoms with Crippen molar-refractivity contribution in [3.8, 4) is 0 Å². The lowest BCUT2D eigenvalue weighted by Gasteiger charge is -2.25. The summed E-state index contributed by atoms with van der Waals surface area (Å²) < 4.78 is 0. The Bertz CT molecular complexity index is 972. The molecule has 0 spiro atoms. The van der Waals surface area contributed by atoms with E-state index < -0.39 is 0 Å². The molecule has 2 heterocycles. The quantitative estimate of drug-likeness (QED) is 0.689. The highest BCUT2D eigenvalue weighted by molar-refractivity contribution is 6.30. The molecule has 4 nitrogen and oxygen atoms in total. The second-order valence-electron chi connectivity index (χ2n) is 6.77. The van der Waals surface area contributed by atoms with E-state index in [2.05, 4.69) is 16.0 Å². The van der Waals surface area contributed by atoms with E-state index in [1.807, 2.05) is 54.3 Å². The van der Waals surface area contributed by atoms with Crippen LogP contribution in [0.5, 0.6) is 0 Å². The first kappa shape index (κ1) is 17.0. The number of hydrogen-bond acceptors (Lipinski definition) is 3. The molecule has 2 aromatic carbocycles. The molecule has 1 amide bonds. The third-order valence-electron chi connectivity index (χ3n) is 4.95. The van der Waals surface area contributed by atoms with E-state index in [0.717, 1.165) is 47.4 Å². The van der Waals surface area contributed by atoms with E-state index in [1.165, 1.54) is 0 Å². The predicted molar refractivity (Wildman–Crippen MR) is 103 cm³/mol. The minimum Gasteiger partial charge on any atom is -0.334 e. The monoisotopic (exact) mass is 365 g/mol. The van der Waals surface area contributed by atoms with Crippen LogP contribution >= 0.6 is 11.6 Å². The highest BCUT2D eigenvalue weighted by Crippen LogP contribution is 2.25. The molecule has 1 aliphatic heterocycles. The Morgan fingerprint density at radius 2 is 1.92 bits per heavy atom. The molecule has 1 fully saturated rings. The number of nitrogens with zero attached hydrogens (tertiary/aromatic N) is 3. The van der Waals surface area contributed by atoms with Crippen LogP contribution in [-0.4, -0.2) is 33.4 Å². The predicted octanol–water partition coefficient (Wildman–Crippen LogP) is 4.44. The second kappa shape index (κ2) is 7.04. The first-order valence-corrected chi connectivity index (χ1v) is 9.28. The third-order valence-corrected chi connectivity index (χ3v) is 5.18. The van der Waals surface area contributed by atoms with E-state index in [-0.39, 0.29) is 11.9 Å². The number of amides is 1. The van der Waals surface area contributed by atoms with E-state index in [0.29, 0.717) is 11.4 Å². The summed E-state index contributed by atoms with van der Waals surface area (Å²) in [6, 6.07) is 15.7. The average Bonchev–Trinajstić information content (AvgIpc) is 3.08. The van der Waals surface area contributed by atoms with Gasteiger partial charge in [0.15, 0.2) is 0 Å². The molecule has 3 aromatic rings. The van der Waals surface area contributed by atoms with Gasteiger partial charge in [0.2, 0.25) is 0 Å². The lowest BCUT2D eigenvalue weighted by atomic mass is 10.0. The van der Waals surface area contributed by atoms with Gasteiger partial charge in [0.1, 0.15) is 5.69 Å². The van der Waals surface area contributed by atoms with Crippen molar-refractivity contribution in [2.24, 2.45) is 0 Å². The van der Waals surface area contributed by atoms with Crippen molar-refractivity contribution in [1.29, 1.82) is 0 Å². The molecule has 132 valence electrons. The number of carbonyl (C=O) groups is 1. The number of aryl methyl sites for hydroxylation is 1. The summed E-state index contributed by atoms with van der Waals surface area (Å²) in [5, 5.41) is 0.731. The lowest BCUT2D eigenvalue weighted by Crippen LogP contribution is -2.37. The maximum absolute atomic E-state index is 13.2. The van der Waals surface area contributed by atoms with Crippen LogP contribution in [0, 0.1) is 6.92 Å². The van der Waals surface area contributed by atoms with E-state index in [1.54, 1.807) is 0 Å². The summed E-state index contributed by atoms with van der Waals surface area (Å²) >= 11 is 6.10. The molecular formula is C21H20ClN3O. The van der Waals surface area contributed by atoms with Gasteiger partial charge in [0.25, 0.3) is 5.91 Å². The Hall–Kier alpha value is -2.46. The topological polar surface area (TPSA) is 46.1 Å². The third kappa shape index (κ3) is 3.29. The zero-order valence-electron chi connectivity index (χ0n) is 14.7. The lowest BCUT2D eigenvalue weighted by molar-refractivity contribution is 0.0729. The molecule has 0 N–H and O–H groups in total. The van der Waals surface area contributed by atoms with Crippen LogP contribution in [0.15, 0.2) is 48.5 Å². The Labute approximate surface area is 157 Å². The molecule has 1 saturated heterocycles. The summed E-state index contributed by atoms with van der Waals surface area (Å²) in [6.07, 6.45) is 2.82. The van der Waals surface area contributed by atoms with Gasteiger partial charge in [0, 0.05) is 17.6 Å². The Morgan fingerprint density at radius 1 is 1.15 bits per heavy atom. The van der Waals surface area contributed by atoms with E-state index in [4.69, 9.17) is 11.6 Å². The van der Waals surface area contributed by atoms with Gasteiger partial charge in [0.05, 0.1) is 16.7 Å². The number of benzene rings is 2. The van der Waals surface area contributed by atoms with Crippen LogP contribution < -0.4 is 0 Å². The average molecular weight is 366 g/mol. The largest absolute Gasteiger partial charge is 0.334 e. The fourth-order valence-electron chi connectivity index (χ4n) is 3.68. The number of rotatable bonds is 3. The molecule has 5 heteroatoms. The first-order valence-electron chi connectivity index (χ1n) is 8.90. The van der Waals surface area contributed by atoms with Crippen molar-refractivity contribution in [2.75, 3.05) is 6.54 Å². The minimum absolute atomic E-state index is 0.0229. The molecule has 1 aliphatic rings. The molecule has 0 saturated carbocycles. The number of aromatic nitrogens is 2. The minimum atomic E-state index is -0.0229. The van der Waals surface area contributed by atoms with Crippen LogP contribution in [-0.2, 0) is 6.42 Å². The fraction of sp³-hybridized carbons (Fsp3) is 0.286. The Morgan fingerprint density at radius 3 is 2.69 bits per heavy atom. The van der Waals surface area contributed by atoms with Crippen LogP contribution in [0.2, 0.25) is 5.02 Å². The summed E-state index contributed by atoms with van der Waals surface area (Å²) in [7, 11) is 0. The zero-order valence-corrected chi connectivity index (χ0v) is 15.4. The van der Waals surface area contributed by atoms with Gasteiger partial charge >= 0.3 is 0 Å². The van der Waals surface area contributed by atoms with Gasteiger partial charge < -0.3 is 4.90 Å². The van der Waals surface area contributed by atoms with Gasteiger partial charge in [-0.25, -0.2) is 9.97 Å². The number of likely N-dealkylation sites (tertiary alicyclic amines) is 1. The zero-order chi connectivity index (χ0) is 18.1. The number of fused-ring (bicyclic) bond motifs is 1. The summed E-state index contributed by atoms with van der Waals surface area (Å²) in [6.45, 7) is 2.62. The number of halogens is 1. The number of hydrogen-bond donors (Lipinski definition) is 0. The smallest absolute Gasteiger partial charge is 0.274 e. The fourth-order valence-corrected chi connectivity index (χ4v) is 3.89. The van der Waals surface area contributed by atoms with Crippen molar-refractivity contribution < 1.29 is 4.79 Å². The molecule has 0 radical (unpaired) electrons. The summed E-state index contributed by atoms with van der Waals surface area (Å²) in [5.74, 6) is -0.0229. The summed E-state index contributed by atoms with van der Waals surface area (Å²) in [4.78, 5) is 24.3. The number of carbonyl (C=O) groups excluding carboxylic acids is 1. The molecule has 0 aliphatic carbocycles. The maximum atomic E-state index is 13.2. The molecule has 0 bridgehead atoms. The van der Waals surface area contributed by atoms with Crippen LogP contribution in [0.4, 0.5) is 0 Å². The van der Waals surface area contributed by atoms with Crippen LogP contribution in [0.3, 0.4) is 0 Å². The normalized spacial score (nSPS) is 17.0. The standard InChI is InChI=1S/C21H20ClN3O/c1-14-20(24-19-10-3-2-9-18(19)23-14)21(26)25-11-5-8-17(25)13-15-6-4-7-16(22)12-15/h2-4,6-7,9-10,12,17H,5,8,11,13H2,1H3. The van der Waals surface area contributed by atoms with Crippen molar-refractivity contribution in [3.05, 3.63) is 70.5 Å². The first-order chi connectivity index (χ1) is 12.6. The molecular weight excluding hydrogens is 346 g/mol. The van der Waals surface area contributed by atoms with E-state index >= 15 is 0 Å². The van der Waals surface area contributed by atoms with Crippen LogP contribution in [0.1, 0.15) is 34.6 Å². The number of para-hydroxylation sites is 2. The van der Waals surface area contributed by atoms with Gasteiger partial charge in [-0.3, -0.25) is 4.79 Å². The molecule has 1 aromatic heterocycles. The van der Waals surface area contributed by atoms with Crippen molar-refractivity contribution >= 4 is 28.5 Å². The van der Waals surface area contributed by atoms with Crippen molar-refractivity contribution in [2.45, 2.75) is 32.2 Å². The molecule has 26 heavy (non-hydrogen) atoms. The van der Waals surface area contributed by atoms with Gasteiger partial charge in [-0.15, -0.1) is 0 Å². The van der Waals surface area contributed by atoms with Crippen molar-refractivity contribution in [1.82, 2.24) is 14.9 Å². The van der Waals surface area contributed by atoms with Gasteiger partial charge in [-0.05, 0) is 56.0 Å². The SMILES string of the molecule is Cc1nc2ccccc2nc1C(=O)N1CCCC1Cc1cccc(Cl)c1. The second-order valence-corrected chi connectivity index (χ2v) is 7.21. The van der Waals surface area contributed by atoms with Crippen LogP contribution in [0.25, 0.3) is 11.0 Å². The molecule has 1 unspecified atom stereocenters. The highest BCUT2D eigenvalue weighted by Gasteiger charge is 2.31. The highest BCUT2D eigenvalue weighted by atomic mass is 35.5. The van der Waals surface area contributed by atoms with Gasteiger partial charge in [-0.1, -0.05) is 35.9 Å². The molecule has 4 rings (SSSR count). The van der Waals surface area contributed by atoms with Gasteiger partial charge in [-0.2, -0.15) is 0 Å². The Kier molecular flexibility index (Phi) is 4.60. The summed E-state index contributed by atoms with van der Waals surface area (Å²) in [5.41, 5.74) is 3.87. The maximum Gasteiger partial charge on any atom is 0.274 e.